The molecule has 22 heavy (non-hydrogen) atoms. The van der Waals surface area contributed by atoms with Crippen molar-refractivity contribution >= 4 is 17.2 Å². The van der Waals surface area contributed by atoms with Crippen LogP contribution in [0.1, 0.15) is 50.8 Å². The number of thiazole rings is 1. The molecule has 0 unspecified atom stereocenters. The number of amides is 1. The monoisotopic (exact) mass is 323 g/mol. The third-order valence-electron chi connectivity index (χ3n) is 2.44. The Hall–Kier alpha value is -1.95. The van der Waals surface area contributed by atoms with Crippen molar-refractivity contribution in [2.24, 2.45) is 5.73 Å². The van der Waals surface area contributed by atoms with Crippen molar-refractivity contribution in [2.45, 2.75) is 41.0 Å². The van der Waals surface area contributed by atoms with Gasteiger partial charge in [0.2, 0.25) is 0 Å². The van der Waals surface area contributed by atoms with Gasteiger partial charge < -0.3 is 10.5 Å². The molecule has 0 saturated heterocycles. The van der Waals surface area contributed by atoms with Gasteiger partial charge in [-0.2, -0.15) is 0 Å². The Balaban J connectivity index is 0.00000102. The van der Waals surface area contributed by atoms with E-state index in [0.29, 0.717) is 5.19 Å². The van der Waals surface area contributed by atoms with E-state index in [1.54, 1.807) is 19.4 Å². The van der Waals surface area contributed by atoms with Crippen LogP contribution in [0, 0.1) is 0 Å². The summed E-state index contributed by atoms with van der Waals surface area (Å²) in [5.74, 6) is -0.525. The van der Waals surface area contributed by atoms with E-state index >= 15 is 0 Å². The molecular weight excluding hydrogens is 298 g/mol. The zero-order chi connectivity index (χ0) is 17.1. The Kier molecular flexibility index (Phi) is 9.78. The smallest absolute Gasteiger partial charge is 0.273 e. The number of methoxy groups -OCH3 is 1. The zero-order valence-electron chi connectivity index (χ0n) is 14.1. The van der Waals surface area contributed by atoms with Crippen molar-refractivity contribution in [3.05, 3.63) is 29.7 Å². The molecular formula is C16H25N3O2S. The molecule has 0 spiro atoms. The molecule has 0 fully saturated rings. The van der Waals surface area contributed by atoms with E-state index in [0.717, 1.165) is 22.6 Å². The number of carbonyl (C=O) groups is 1. The van der Waals surface area contributed by atoms with Crippen LogP contribution in [-0.4, -0.2) is 23.0 Å². The number of rotatable bonds is 4. The van der Waals surface area contributed by atoms with Crippen LogP contribution in [0.4, 0.5) is 0 Å². The van der Waals surface area contributed by atoms with E-state index in [4.69, 9.17) is 10.5 Å². The maximum absolute atomic E-state index is 11.2. The fraction of sp³-hybridized carbons (Fsp3) is 0.438. The van der Waals surface area contributed by atoms with E-state index in [2.05, 4.69) is 9.97 Å². The van der Waals surface area contributed by atoms with E-state index < -0.39 is 5.91 Å². The Labute approximate surface area is 136 Å². The number of hydrogen-bond donors (Lipinski definition) is 1. The molecule has 2 aromatic rings. The fourth-order valence-electron chi connectivity index (χ4n) is 1.52. The Bertz CT molecular complexity index is 583. The van der Waals surface area contributed by atoms with E-state index in [-0.39, 0.29) is 5.69 Å². The second kappa shape index (κ2) is 10.7. The maximum Gasteiger partial charge on any atom is 0.273 e. The number of ether oxygens (including phenoxy) is 1. The van der Waals surface area contributed by atoms with Crippen molar-refractivity contribution in [1.82, 2.24) is 9.97 Å². The maximum atomic E-state index is 11.2. The largest absolute Gasteiger partial charge is 0.473 e. The quantitative estimate of drug-likeness (QED) is 0.924. The minimum absolute atomic E-state index is 0.275. The molecule has 0 bridgehead atoms. The molecule has 2 N–H and O–H groups in total. The SMILES string of the molecule is CC.CC.CCc1cc(-c2cnc(OC)s2)cc(C(N)=O)n1. The second-order valence-electron chi connectivity index (χ2n) is 3.64. The van der Waals surface area contributed by atoms with Crippen molar-refractivity contribution in [3.8, 4) is 15.6 Å². The lowest BCUT2D eigenvalue weighted by Crippen LogP contribution is -2.14. The third kappa shape index (κ3) is 5.44. The summed E-state index contributed by atoms with van der Waals surface area (Å²) in [6.07, 6.45) is 2.45. The molecule has 0 aromatic carbocycles. The standard InChI is InChI=1S/C12H13N3O2S.2C2H6/c1-3-8-4-7(5-9(15-8)11(13)16)10-6-14-12(17-2)18-10;2*1-2/h4-6H,3H2,1-2H3,(H2,13,16);2*1-2H3. The lowest BCUT2D eigenvalue weighted by Gasteiger charge is -2.03. The summed E-state index contributed by atoms with van der Waals surface area (Å²) >= 11 is 1.41. The Morgan fingerprint density at radius 1 is 1.27 bits per heavy atom. The second-order valence-corrected chi connectivity index (χ2v) is 4.64. The number of aromatic nitrogens is 2. The summed E-state index contributed by atoms with van der Waals surface area (Å²) in [5.41, 5.74) is 7.27. The highest BCUT2D eigenvalue weighted by Gasteiger charge is 2.10. The lowest BCUT2D eigenvalue weighted by molar-refractivity contribution is 0.0995. The molecule has 0 atom stereocenters. The normalized spacial score (nSPS) is 9.00. The Morgan fingerprint density at radius 2 is 1.91 bits per heavy atom. The van der Waals surface area contributed by atoms with Crippen LogP contribution < -0.4 is 10.5 Å². The van der Waals surface area contributed by atoms with Gasteiger partial charge in [0, 0.05) is 11.9 Å². The van der Waals surface area contributed by atoms with Gasteiger partial charge in [0.05, 0.1) is 12.0 Å². The van der Waals surface area contributed by atoms with Gasteiger partial charge in [-0.1, -0.05) is 46.0 Å². The van der Waals surface area contributed by atoms with E-state index in [1.807, 2.05) is 40.7 Å². The minimum Gasteiger partial charge on any atom is -0.473 e. The van der Waals surface area contributed by atoms with Crippen LogP contribution in [-0.2, 0) is 6.42 Å². The van der Waals surface area contributed by atoms with Crippen molar-refractivity contribution in [2.75, 3.05) is 7.11 Å². The predicted molar refractivity (Wildman–Crippen MR) is 92.5 cm³/mol. The number of carbonyl (C=O) groups excluding carboxylic acids is 1. The summed E-state index contributed by atoms with van der Waals surface area (Å²) in [5, 5.41) is 0.584. The highest BCUT2D eigenvalue weighted by Crippen LogP contribution is 2.30. The lowest BCUT2D eigenvalue weighted by atomic mass is 10.1. The van der Waals surface area contributed by atoms with Gasteiger partial charge in [-0.3, -0.25) is 4.79 Å². The molecule has 2 rings (SSSR count). The van der Waals surface area contributed by atoms with Gasteiger partial charge >= 0.3 is 0 Å². The molecule has 0 aliphatic carbocycles. The molecule has 1 amide bonds. The number of hydrogen-bond acceptors (Lipinski definition) is 5. The predicted octanol–water partition coefficient (Wildman–Crippen LogP) is 3.93. The first-order valence-electron chi connectivity index (χ1n) is 7.45. The molecule has 122 valence electrons. The first-order chi connectivity index (χ1) is 10.6. The summed E-state index contributed by atoms with van der Waals surface area (Å²) in [4.78, 5) is 20.4. The third-order valence-corrected chi connectivity index (χ3v) is 3.44. The number of pyridine rings is 1. The van der Waals surface area contributed by atoms with Gasteiger partial charge in [-0.15, -0.1) is 0 Å². The average molecular weight is 323 g/mol. The van der Waals surface area contributed by atoms with Crippen molar-refractivity contribution < 1.29 is 9.53 Å². The molecule has 2 heterocycles. The first-order valence-corrected chi connectivity index (χ1v) is 8.26. The average Bonchev–Trinajstić information content (AvgIpc) is 3.07. The van der Waals surface area contributed by atoms with Crippen LogP contribution >= 0.6 is 11.3 Å². The number of aryl methyl sites for hydroxylation is 1. The van der Waals surface area contributed by atoms with Crippen molar-refractivity contribution in [3.63, 3.8) is 0 Å². The highest BCUT2D eigenvalue weighted by atomic mass is 32.1. The molecule has 6 heteroatoms. The Morgan fingerprint density at radius 3 is 2.36 bits per heavy atom. The number of nitrogens with zero attached hydrogens (tertiary/aromatic N) is 2. The van der Waals surface area contributed by atoms with Crippen LogP contribution in [0.25, 0.3) is 10.4 Å². The van der Waals surface area contributed by atoms with Gasteiger partial charge in [0.25, 0.3) is 11.1 Å². The molecule has 0 saturated carbocycles. The van der Waals surface area contributed by atoms with Crippen LogP contribution in [0.15, 0.2) is 18.3 Å². The first kappa shape index (κ1) is 20.1. The highest BCUT2D eigenvalue weighted by molar-refractivity contribution is 7.16. The zero-order valence-corrected chi connectivity index (χ0v) is 15.0. The van der Waals surface area contributed by atoms with Crippen molar-refractivity contribution in [1.29, 1.82) is 0 Å². The van der Waals surface area contributed by atoms with E-state index in [1.165, 1.54) is 11.3 Å². The summed E-state index contributed by atoms with van der Waals surface area (Å²) < 4.78 is 5.05. The van der Waals surface area contributed by atoms with Crippen LogP contribution in [0.5, 0.6) is 5.19 Å². The van der Waals surface area contributed by atoms with E-state index in [9.17, 15) is 4.79 Å². The van der Waals surface area contributed by atoms with Gasteiger partial charge in [0.15, 0.2) is 0 Å². The topological polar surface area (TPSA) is 78.1 Å². The summed E-state index contributed by atoms with van der Waals surface area (Å²) in [7, 11) is 1.57. The molecule has 2 aromatic heterocycles. The molecule has 0 radical (unpaired) electrons. The van der Waals surface area contributed by atoms with Gasteiger partial charge in [-0.25, -0.2) is 9.97 Å². The molecule has 5 nitrogen and oxygen atoms in total. The number of primary amides is 1. The minimum atomic E-state index is -0.525. The summed E-state index contributed by atoms with van der Waals surface area (Å²) in [6.45, 7) is 9.98. The molecule has 0 aliphatic rings. The van der Waals surface area contributed by atoms with Gasteiger partial charge in [0.1, 0.15) is 5.69 Å². The number of nitrogens with two attached hydrogens (primary N) is 1. The van der Waals surface area contributed by atoms with Crippen LogP contribution in [0.2, 0.25) is 0 Å². The van der Waals surface area contributed by atoms with Crippen LogP contribution in [0.3, 0.4) is 0 Å². The van der Waals surface area contributed by atoms with Gasteiger partial charge in [-0.05, 0) is 24.1 Å². The fourth-order valence-corrected chi connectivity index (χ4v) is 2.24. The molecule has 0 aliphatic heterocycles. The summed E-state index contributed by atoms with van der Waals surface area (Å²) in [6, 6.07) is 3.60.